The predicted molar refractivity (Wildman–Crippen MR) is 256 cm³/mol. The van der Waals surface area contributed by atoms with E-state index in [1.807, 2.05) is 11.3 Å². The standard InChI is InChI=1S/C58H35N3S/c1-2-17-36(18-3-1)37-19-14-20-38(35-37)55-59-56(61-57(60-55)46-28-16-34-52-54(46)44-26-9-13-33-51(44)62-52)45-27-15-32-50-53(45)43-25-8-12-31-49(43)58(50)47-29-10-6-23-41(47)39-21-4-5-22-40(39)42-24-7-11-30-48(42)58/h1-35H. The summed E-state index contributed by atoms with van der Waals surface area (Å²) in [6.45, 7) is 0. The Balaban J connectivity index is 1.12. The largest absolute Gasteiger partial charge is 0.208 e. The van der Waals surface area contributed by atoms with Crippen LogP contribution in [-0.4, -0.2) is 15.0 Å². The minimum absolute atomic E-state index is 0.613. The Morgan fingerprint density at radius 2 is 0.774 bits per heavy atom. The fraction of sp³-hybridized carbons (Fsp3) is 0.0172. The second kappa shape index (κ2) is 13.6. The lowest BCUT2D eigenvalue weighted by atomic mass is 9.66. The van der Waals surface area contributed by atoms with Crippen LogP contribution in [0.1, 0.15) is 22.3 Å². The van der Waals surface area contributed by atoms with Crippen LogP contribution in [0.3, 0.4) is 0 Å². The van der Waals surface area contributed by atoms with Crippen LogP contribution in [0.2, 0.25) is 0 Å². The number of fused-ring (bicyclic) bond motifs is 15. The highest BCUT2D eigenvalue weighted by Gasteiger charge is 2.50. The molecule has 2 aromatic heterocycles. The van der Waals surface area contributed by atoms with Gasteiger partial charge in [0.15, 0.2) is 17.5 Å². The van der Waals surface area contributed by atoms with Gasteiger partial charge in [0.05, 0.1) is 5.41 Å². The summed E-state index contributed by atoms with van der Waals surface area (Å²) in [5, 5.41) is 2.38. The lowest BCUT2D eigenvalue weighted by Crippen LogP contribution is -2.29. The first-order valence-electron chi connectivity index (χ1n) is 21.1. The number of thiophene rings is 1. The van der Waals surface area contributed by atoms with Crippen molar-refractivity contribution >= 4 is 31.5 Å². The first kappa shape index (κ1) is 35.0. The van der Waals surface area contributed by atoms with Gasteiger partial charge >= 0.3 is 0 Å². The van der Waals surface area contributed by atoms with Crippen LogP contribution >= 0.6 is 11.3 Å². The molecule has 11 aromatic rings. The maximum absolute atomic E-state index is 5.52. The van der Waals surface area contributed by atoms with Crippen LogP contribution < -0.4 is 0 Å². The monoisotopic (exact) mass is 805 g/mol. The van der Waals surface area contributed by atoms with Gasteiger partial charge in [-0.1, -0.05) is 194 Å². The molecule has 9 aromatic carbocycles. The summed E-state index contributed by atoms with van der Waals surface area (Å²) in [7, 11) is 0. The smallest absolute Gasteiger partial charge is 0.164 e. The van der Waals surface area contributed by atoms with Crippen molar-refractivity contribution in [2.24, 2.45) is 0 Å². The molecule has 0 N–H and O–H groups in total. The summed E-state index contributed by atoms with van der Waals surface area (Å²) in [5.41, 5.74) is 16.9. The molecule has 0 saturated carbocycles. The van der Waals surface area contributed by atoms with Gasteiger partial charge in [0.2, 0.25) is 0 Å². The summed E-state index contributed by atoms with van der Waals surface area (Å²) in [6.07, 6.45) is 0. The molecule has 2 aliphatic carbocycles. The molecule has 4 heteroatoms. The zero-order valence-corrected chi connectivity index (χ0v) is 34.3. The van der Waals surface area contributed by atoms with Crippen LogP contribution in [0.25, 0.3) is 98.8 Å². The van der Waals surface area contributed by atoms with Gasteiger partial charge in [0.1, 0.15) is 0 Å². The Morgan fingerprint density at radius 3 is 1.52 bits per heavy atom. The Morgan fingerprint density at radius 1 is 0.306 bits per heavy atom. The first-order chi connectivity index (χ1) is 30.8. The van der Waals surface area contributed by atoms with E-state index in [9.17, 15) is 0 Å². The topological polar surface area (TPSA) is 38.7 Å². The van der Waals surface area contributed by atoms with E-state index >= 15 is 0 Å². The van der Waals surface area contributed by atoms with Gasteiger partial charge in [-0.2, -0.15) is 0 Å². The first-order valence-corrected chi connectivity index (χ1v) is 21.9. The van der Waals surface area contributed by atoms with E-state index in [2.05, 4.69) is 212 Å². The number of nitrogens with zero attached hydrogens (tertiary/aromatic N) is 3. The van der Waals surface area contributed by atoms with Gasteiger partial charge in [-0.3, -0.25) is 0 Å². The molecule has 0 saturated heterocycles. The average molecular weight is 806 g/mol. The maximum atomic E-state index is 5.52. The fourth-order valence-electron chi connectivity index (χ4n) is 10.5. The maximum Gasteiger partial charge on any atom is 0.164 e. The quantitative estimate of drug-likeness (QED) is 0.178. The van der Waals surface area contributed by atoms with E-state index in [-0.39, 0.29) is 0 Å². The van der Waals surface area contributed by atoms with E-state index in [0.29, 0.717) is 17.5 Å². The number of rotatable bonds is 4. The summed E-state index contributed by atoms with van der Waals surface area (Å²) in [4.78, 5) is 16.4. The van der Waals surface area contributed by atoms with Crippen molar-refractivity contribution in [2.75, 3.05) is 0 Å². The molecule has 0 unspecified atom stereocenters. The van der Waals surface area contributed by atoms with Crippen molar-refractivity contribution in [1.29, 1.82) is 0 Å². The molecule has 3 nitrogen and oxygen atoms in total. The molecule has 0 amide bonds. The second-order valence-electron chi connectivity index (χ2n) is 16.2. The molecule has 0 bridgehead atoms. The third-order valence-electron chi connectivity index (χ3n) is 13.0. The summed E-state index contributed by atoms with van der Waals surface area (Å²) >= 11 is 1.81. The molecule has 13 rings (SSSR count). The number of aromatic nitrogens is 3. The third kappa shape index (κ3) is 5.02. The number of benzene rings is 9. The van der Waals surface area contributed by atoms with Crippen molar-refractivity contribution in [3.8, 4) is 78.7 Å². The van der Waals surface area contributed by atoms with Gasteiger partial charge in [-0.15, -0.1) is 11.3 Å². The minimum atomic E-state index is -0.613. The van der Waals surface area contributed by atoms with Gasteiger partial charge < -0.3 is 0 Å². The zero-order valence-electron chi connectivity index (χ0n) is 33.5. The molecule has 0 radical (unpaired) electrons. The van der Waals surface area contributed by atoms with E-state index < -0.39 is 5.41 Å². The molecule has 1 spiro atoms. The van der Waals surface area contributed by atoms with Crippen LogP contribution in [0.4, 0.5) is 0 Å². The molecule has 0 atom stereocenters. The Kier molecular flexibility index (Phi) is 7.69. The highest BCUT2D eigenvalue weighted by molar-refractivity contribution is 7.25. The Labute approximate surface area is 363 Å². The predicted octanol–water partition coefficient (Wildman–Crippen LogP) is 14.9. The molecule has 288 valence electrons. The molecule has 2 heterocycles. The zero-order chi connectivity index (χ0) is 40.8. The van der Waals surface area contributed by atoms with E-state index in [0.717, 1.165) is 33.4 Å². The van der Waals surface area contributed by atoms with Crippen molar-refractivity contribution in [1.82, 2.24) is 15.0 Å². The van der Waals surface area contributed by atoms with Crippen LogP contribution in [-0.2, 0) is 5.41 Å². The summed E-state index contributed by atoms with van der Waals surface area (Å²) in [5.74, 6) is 1.94. The number of hydrogen-bond donors (Lipinski definition) is 0. The van der Waals surface area contributed by atoms with Gasteiger partial charge in [0, 0.05) is 36.9 Å². The molecule has 2 aliphatic rings. The van der Waals surface area contributed by atoms with Gasteiger partial charge in [-0.25, -0.2) is 15.0 Å². The van der Waals surface area contributed by atoms with Crippen molar-refractivity contribution < 1.29 is 0 Å². The van der Waals surface area contributed by atoms with Gasteiger partial charge in [0.25, 0.3) is 0 Å². The number of hydrogen-bond acceptors (Lipinski definition) is 4. The van der Waals surface area contributed by atoms with Crippen LogP contribution in [0.15, 0.2) is 212 Å². The average Bonchev–Trinajstić information content (AvgIpc) is 3.85. The van der Waals surface area contributed by atoms with E-state index in [1.165, 1.54) is 70.2 Å². The molecule has 62 heavy (non-hydrogen) atoms. The fourth-order valence-corrected chi connectivity index (χ4v) is 11.6. The molecular formula is C58H35N3S. The third-order valence-corrected chi connectivity index (χ3v) is 14.1. The SMILES string of the molecule is c1ccc(-c2cccc(-c3nc(-c4cccc5c4-c4ccccc4C54c5ccccc5-c5ccccc5-c5ccccc54)nc(-c4cccc5sc6ccccc6c45)n3)c2)cc1. The highest BCUT2D eigenvalue weighted by Crippen LogP contribution is 2.62. The molecule has 0 aliphatic heterocycles. The van der Waals surface area contributed by atoms with Crippen LogP contribution in [0, 0.1) is 0 Å². The summed E-state index contributed by atoms with van der Waals surface area (Å²) < 4.78 is 2.45. The Hall–Kier alpha value is -7.79. The normalized spacial score (nSPS) is 13.0. The highest BCUT2D eigenvalue weighted by atomic mass is 32.1. The molecular weight excluding hydrogens is 771 g/mol. The lowest BCUT2D eigenvalue weighted by Gasteiger charge is -2.35. The van der Waals surface area contributed by atoms with Crippen molar-refractivity contribution in [3.63, 3.8) is 0 Å². The molecule has 0 fully saturated rings. The van der Waals surface area contributed by atoms with Crippen LogP contribution in [0.5, 0.6) is 0 Å². The van der Waals surface area contributed by atoms with Crippen molar-refractivity contribution in [2.45, 2.75) is 5.41 Å². The van der Waals surface area contributed by atoms with Crippen molar-refractivity contribution in [3.05, 3.63) is 235 Å². The van der Waals surface area contributed by atoms with Gasteiger partial charge in [-0.05, 0) is 85.0 Å². The lowest BCUT2D eigenvalue weighted by molar-refractivity contribution is 0.775. The minimum Gasteiger partial charge on any atom is -0.208 e. The second-order valence-corrected chi connectivity index (χ2v) is 17.3. The van der Waals surface area contributed by atoms with E-state index in [4.69, 9.17) is 15.0 Å². The van der Waals surface area contributed by atoms with E-state index in [1.54, 1.807) is 0 Å². The summed E-state index contributed by atoms with van der Waals surface area (Å²) in [6, 6.07) is 76.9. The Bertz CT molecular complexity index is 3540.